The smallest absolute Gasteiger partial charge is 0.312 e. The van der Waals surface area contributed by atoms with Crippen LogP contribution in [-0.2, 0) is 4.79 Å². The molecule has 1 aliphatic heterocycles. The monoisotopic (exact) mass is 342 g/mol. The third kappa shape index (κ3) is 2.28. The number of benzene rings is 2. The van der Waals surface area contributed by atoms with Crippen LogP contribution in [-0.4, -0.2) is 28.9 Å². The highest BCUT2D eigenvalue weighted by Crippen LogP contribution is 2.45. The van der Waals surface area contributed by atoms with Gasteiger partial charge in [-0.3, -0.25) is 4.79 Å². The van der Waals surface area contributed by atoms with Crippen LogP contribution < -0.4 is 14.2 Å². The van der Waals surface area contributed by atoms with Gasteiger partial charge in [-0.2, -0.15) is 8.75 Å². The lowest BCUT2D eigenvalue weighted by atomic mass is 9.85. The molecule has 7 heteroatoms. The second-order valence-electron chi connectivity index (χ2n) is 5.45. The number of carbonyl (C=O) groups excluding carboxylic acids is 1. The van der Waals surface area contributed by atoms with Gasteiger partial charge in [0.1, 0.15) is 28.3 Å². The fraction of sp³-hybridized carbons (Fsp3) is 0.235. The van der Waals surface area contributed by atoms with Crippen LogP contribution in [0.15, 0.2) is 30.3 Å². The summed E-state index contributed by atoms with van der Waals surface area (Å²) < 4.78 is 24.9. The molecule has 24 heavy (non-hydrogen) atoms. The van der Waals surface area contributed by atoms with Gasteiger partial charge in [0.15, 0.2) is 0 Å². The van der Waals surface area contributed by atoms with E-state index in [0.29, 0.717) is 17.2 Å². The van der Waals surface area contributed by atoms with Gasteiger partial charge >= 0.3 is 5.97 Å². The summed E-state index contributed by atoms with van der Waals surface area (Å²) in [5.74, 6) is 1.43. The molecule has 2 heterocycles. The fourth-order valence-electron chi connectivity index (χ4n) is 3.08. The quantitative estimate of drug-likeness (QED) is 0.538. The molecule has 6 nitrogen and oxygen atoms in total. The molecule has 0 bridgehead atoms. The summed E-state index contributed by atoms with van der Waals surface area (Å²) in [5.41, 5.74) is 3.35. The number of nitrogens with zero attached hydrogens (tertiary/aromatic N) is 2. The predicted octanol–water partition coefficient (Wildman–Crippen LogP) is 3.15. The Morgan fingerprint density at radius 1 is 1.17 bits per heavy atom. The molecule has 1 aromatic heterocycles. The van der Waals surface area contributed by atoms with Crippen LogP contribution >= 0.6 is 11.7 Å². The van der Waals surface area contributed by atoms with E-state index in [-0.39, 0.29) is 18.3 Å². The minimum absolute atomic E-state index is 0.199. The Kier molecular flexibility index (Phi) is 3.57. The summed E-state index contributed by atoms with van der Waals surface area (Å²) in [5, 5.41) is 0. The van der Waals surface area contributed by atoms with Gasteiger partial charge in [-0.05, 0) is 18.2 Å². The Morgan fingerprint density at radius 3 is 2.83 bits per heavy atom. The molecule has 0 N–H and O–H groups in total. The first kappa shape index (κ1) is 14.9. The number of ether oxygens (including phenoxy) is 3. The maximum atomic E-state index is 12.1. The second kappa shape index (κ2) is 5.76. The minimum Gasteiger partial charge on any atom is -0.497 e. The van der Waals surface area contributed by atoms with Crippen molar-refractivity contribution in [2.24, 2.45) is 0 Å². The van der Waals surface area contributed by atoms with E-state index in [1.165, 1.54) is 0 Å². The van der Waals surface area contributed by atoms with Gasteiger partial charge in [-0.25, -0.2) is 0 Å². The first-order valence-electron chi connectivity index (χ1n) is 7.39. The molecule has 1 unspecified atom stereocenters. The molecule has 0 saturated heterocycles. The molecular formula is C17H14N2O4S. The van der Waals surface area contributed by atoms with Gasteiger partial charge in [0.05, 0.1) is 32.4 Å². The maximum absolute atomic E-state index is 12.1. The van der Waals surface area contributed by atoms with Gasteiger partial charge in [-0.15, -0.1) is 0 Å². The number of rotatable bonds is 3. The first-order chi connectivity index (χ1) is 11.7. The number of methoxy groups -OCH3 is 2. The van der Waals surface area contributed by atoms with E-state index in [1.807, 2.05) is 24.3 Å². The largest absolute Gasteiger partial charge is 0.497 e. The molecule has 2 aromatic carbocycles. The van der Waals surface area contributed by atoms with Crippen LogP contribution in [0.3, 0.4) is 0 Å². The number of fused-ring (bicyclic) bond motifs is 3. The Morgan fingerprint density at radius 2 is 2.04 bits per heavy atom. The fourth-order valence-corrected chi connectivity index (χ4v) is 3.63. The van der Waals surface area contributed by atoms with E-state index in [1.54, 1.807) is 20.3 Å². The van der Waals surface area contributed by atoms with E-state index in [2.05, 4.69) is 8.75 Å². The Balaban J connectivity index is 1.94. The lowest BCUT2D eigenvalue weighted by Gasteiger charge is -2.26. The van der Waals surface area contributed by atoms with Crippen molar-refractivity contribution in [3.05, 3.63) is 41.5 Å². The summed E-state index contributed by atoms with van der Waals surface area (Å²) in [6.45, 7) is 0. The van der Waals surface area contributed by atoms with Crippen molar-refractivity contribution in [3.63, 3.8) is 0 Å². The maximum Gasteiger partial charge on any atom is 0.312 e. The van der Waals surface area contributed by atoms with Crippen LogP contribution in [0.5, 0.6) is 17.2 Å². The van der Waals surface area contributed by atoms with Crippen molar-refractivity contribution >= 4 is 28.7 Å². The summed E-state index contributed by atoms with van der Waals surface area (Å²) in [7, 11) is 3.21. The van der Waals surface area contributed by atoms with Crippen LogP contribution in [0, 0.1) is 0 Å². The van der Waals surface area contributed by atoms with Gasteiger partial charge in [0.2, 0.25) is 0 Å². The topological polar surface area (TPSA) is 70.5 Å². The van der Waals surface area contributed by atoms with Gasteiger partial charge < -0.3 is 14.2 Å². The van der Waals surface area contributed by atoms with Crippen LogP contribution in [0.4, 0.5) is 0 Å². The molecule has 0 fully saturated rings. The van der Waals surface area contributed by atoms with Crippen molar-refractivity contribution in [3.8, 4) is 17.2 Å². The summed E-state index contributed by atoms with van der Waals surface area (Å²) in [6, 6.07) is 9.19. The van der Waals surface area contributed by atoms with Gasteiger partial charge in [-0.1, -0.05) is 6.07 Å². The number of carbonyl (C=O) groups is 1. The molecule has 0 spiro atoms. The van der Waals surface area contributed by atoms with Crippen molar-refractivity contribution in [2.75, 3.05) is 14.2 Å². The number of aromatic nitrogens is 2. The lowest BCUT2D eigenvalue weighted by Crippen LogP contribution is -2.21. The standard InChI is InChI=1S/C17H14N2O4S/c1-21-9-3-4-10(14(7-9)22-2)11-8-15(20)23-13-6-5-12-17(16(11)13)19-24-18-12/h3-7,11H,8H2,1-2H3. The molecule has 4 rings (SSSR count). The highest BCUT2D eigenvalue weighted by molar-refractivity contribution is 7.00. The Bertz CT molecular complexity index is 937. The van der Waals surface area contributed by atoms with Crippen molar-refractivity contribution in [1.82, 2.24) is 8.75 Å². The zero-order valence-electron chi connectivity index (χ0n) is 13.1. The minimum atomic E-state index is -0.270. The molecule has 1 atom stereocenters. The molecule has 0 amide bonds. The second-order valence-corrected chi connectivity index (χ2v) is 5.98. The van der Waals surface area contributed by atoms with Crippen LogP contribution in [0.2, 0.25) is 0 Å². The molecular weight excluding hydrogens is 328 g/mol. The molecule has 0 saturated carbocycles. The molecule has 3 aromatic rings. The number of hydrogen-bond acceptors (Lipinski definition) is 7. The van der Waals surface area contributed by atoms with Crippen LogP contribution in [0.25, 0.3) is 11.0 Å². The number of hydrogen-bond donors (Lipinski definition) is 0. The third-order valence-electron chi connectivity index (χ3n) is 4.19. The highest BCUT2D eigenvalue weighted by Gasteiger charge is 2.33. The van der Waals surface area contributed by atoms with Crippen molar-refractivity contribution in [2.45, 2.75) is 12.3 Å². The average molecular weight is 342 g/mol. The third-order valence-corrected chi connectivity index (χ3v) is 4.73. The van der Waals surface area contributed by atoms with E-state index in [9.17, 15) is 4.79 Å². The van der Waals surface area contributed by atoms with Crippen molar-refractivity contribution in [1.29, 1.82) is 0 Å². The molecule has 122 valence electrons. The normalized spacial score (nSPS) is 16.6. The van der Waals surface area contributed by atoms with Gasteiger partial charge in [0.25, 0.3) is 0 Å². The summed E-state index contributed by atoms with van der Waals surface area (Å²) in [4.78, 5) is 12.1. The number of esters is 1. The van der Waals surface area contributed by atoms with E-state index >= 15 is 0 Å². The van der Waals surface area contributed by atoms with Crippen LogP contribution in [0.1, 0.15) is 23.5 Å². The van der Waals surface area contributed by atoms with Gasteiger partial charge in [0, 0.05) is 23.1 Å². The Hall–Kier alpha value is -2.67. The zero-order chi connectivity index (χ0) is 16.7. The average Bonchev–Trinajstić information content (AvgIpc) is 3.09. The van der Waals surface area contributed by atoms with Crippen molar-refractivity contribution < 1.29 is 19.0 Å². The lowest BCUT2D eigenvalue weighted by molar-refractivity contribution is -0.135. The zero-order valence-corrected chi connectivity index (χ0v) is 13.9. The molecule has 1 aliphatic rings. The molecule has 0 aliphatic carbocycles. The summed E-state index contributed by atoms with van der Waals surface area (Å²) >= 11 is 1.15. The predicted molar refractivity (Wildman–Crippen MR) is 89.1 cm³/mol. The van der Waals surface area contributed by atoms with E-state index in [0.717, 1.165) is 33.9 Å². The first-order valence-corrected chi connectivity index (χ1v) is 8.12. The van der Waals surface area contributed by atoms with E-state index in [4.69, 9.17) is 14.2 Å². The highest BCUT2D eigenvalue weighted by atomic mass is 32.1. The SMILES string of the molecule is COc1ccc(C2CC(=O)Oc3ccc4nsnc4c32)c(OC)c1. The molecule has 0 radical (unpaired) electrons. The summed E-state index contributed by atoms with van der Waals surface area (Å²) in [6.07, 6.45) is 0.229. The van der Waals surface area contributed by atoms with E-state index < -0.39 is 0 Å². The Labute approximate surface area is 142 Å².